The molecule has 2 saturated heterocycles. The number of hydrogen-bond acceptors (Lipinski definition) is 6. The number of piperidine rings is 1. The average molecular weight is 667 g/mol. The Balaban J connectivity index is 1.14. The van der Waals surface area contributed by atoms with E-state index < -0.39 is 11.7 Å². The number of carbonyl (C=O) groups excluding carboxylic acids is 3. The third-order valence-electron chi connectivity index (χ3n) is 11.0. The summed E-state index contributed by atoms with van der Waals surface area (Å²) in [6, 6.07) is 12.2. The fourth-order valence-corrected chi connectivity index (χ4v) is 8.43. The van der Waals surface area contributed by atoms with Crippen molar-refractivity contribution in [3.8, 4) is 17.3 Å². The van der Waals surface area contributed by atoms with Crippen LogP contribution in [0.5, 0.6) is 5.75 Å². The first-order valence-electron chi connectivity index (χ1n) is 17.6. The van der Waals surface area contributed by atoms with Gasteiger partial charge in [0.1, 0.15) is 16.9 Å². The third kappa shape index (κ3) is 5.51. The van der Waals surface area contributed by atoms with Crippen LogP contribution in [0, 0.1) is 11.8 Å². The highest BCUT2D eigenvalue weighted by Crippen LogP contribution is 2.42. The maximum absolute atomic E-state index is 14.1. The largest absolute Gasteiger partial charge is 0.494 e. The van der Waals surface area contributed by atoms with Crippen LogP contribution in [0.1, 0.15) is 75.2 Å². The smallest absolute Gasteiger partial charge is 0.407 e. The Labute approximate surface area is 286 Å². The molecule has 49 heavy (non-hydrogen) atoms. The zero-order valence-electron chi connectivity index (χ0n) is 29.3. The standard InChI is InChI=1S/C38H46N6O5/c1-21(45)42-18-26(19-42)27-9-7-8-23-15-30(43(33(23)27)17-22-10-11-22)35-39-28-14-25(16-31(48-6)34(28)41(35)5)36(46)44-20-24-12-13-29(44)32(24)40-37(47)49-38(2,3)4/h7-9,14-16,22,24,26,29,32H,10-13,17-20H2,1-6H3,(H,40,47)/t24-,29-,32-/m1/s1. The van der Waals surface area contributed by atoms with Gasteiger partial charge in [-0.05, 0) is 82.1 Å². The molecule has 4 aromatic rings. The van der Waals surface area contributed by atoms with Crippen LogP contribution in [0.4, 0.5) is 4.79 Å². The first-order valence-corrected chi connectivity index (χ1v) is 17.6. The minimum atomic E-state index is -0.589. The van der Waals surface area contributed by atoms with Crippen LogP contribution < -0.4 is 10.1 Å². The van der Waals surface area contributed by atoms with Crippen LogP contribution in [-0.4, -0.2) is 86.3 Å². The van der Waals surface area contributed by atoms with Crippen molar-refractivity contribution in [3.05, 3.63) is 47.5 Å². The number of carbonyl (C=O) groups is 3. The molecule has 2 aromatic carbocycles. The van der Waals surface area contributed by atoms with Gasteiger partial charge < -0.3 is 33.7 Å². The van der Waals surface area contributed by atoms with E-state index in [-0.39, 0.29) is 29.8 Å². The molecule has 2 aromatic heterocycles. The molecule has 4 heterocycles. The molecule has 2 bridgehead atoms. The molecular formula is C38H46N6O5. The van der Waals surface area contributed by atoms with Crippen molar-refractivity contribution < 1.29 is 23.9 Å². The van der Waals surface area contributed by atoms with Gasteiger partial charge in [0.15, 0.2) is 5.82 Å². The van der Waals surface area contributed by atoms with Crippen LogP contribution >= 0.6 is 0 Å². The fraction of sp³-hybridized carbons (Fsp3) is 0.526. The Hall–Kier alpha value is -4.54. The van der Waals surface area contributed by atoms with Crippen LogP contribution in [-0.2, 0) is 23.1 Å². The van der Waals surface area contributed by atoms with Crippen molar-refractivity contribution in [3.63, 3.8) is 0 Å². The number of alkyl carbamates (subject to hydrolysis) is 1. The Morgan fingerprint density at radius 3 is 2.47 bits per heavy atom. The maximum atomic E-state index is 14.1. The molecule has 3 atom stereocenters. The Bertz CT molecular complexity index is 1990. The lowest BCUT2D eigenvalue weighted by Crippen LogP contribution is -2.47. The molecule has 0 spiro atoms. The molecule has 3 amide bonds. The fourth-order valence-electron chi connectivity index (χ4n) is 8.43. The molecule has 8 rings (SSSR count). The van der Waals surface area contributed by atoms with Gasteiger partial charge in [0.2, 0.25) is 5.91 Å². The second-order valence-corrected chi connectivity index (χ2v) is 15.6. The third-order valence-corrected chi connectivity index (χ3v) is 11.0. The molecule has 0 radical (unpaired) electrons. The summed E-state index contributed by atoms with van der Waals surface area (Å²) in [5, 5.41) is 4.23. The van der Waals surface area contributed by atoms with E-state index in [9.17, 15) is 14.4 Å². The summed E-state index contributed by atoms with van der Waals surface area (Å²) in [5.74, 6) is 2.59. The first-order chi connectivity index (χ1) is 23.4. The van der Waals surface area contributed by atoms with Gasteiger partial charge in [0.25, 0.3) is 5.91 Å². The molecule has 1 N–H and O–H groups in total. The normalized spacial score (nSPS) is 22.2. The van der Waals surface area contributed by atoms with E-state index in [1.165, 1.54) is 29.3 Å². The number of fused-ring (bicyclic) bond motifs is 4. The molecule has 2 aliphatic heterocycles. The minimum absolute atomic E-state index is 0.0804. The van der Waals surface area contributed by atoms with Gasteiger partial charge in [-0.1, -0.05) is 18.2 Å². The Kier molecular flexibility index (Phi) is 7.46. The van der Waals surface area contributed by atoms with Crippen molar-refractivity contribution in [2.24, 2.45) is 18.9 Å². The number of aryl methyl sites for hydroxylation is 1. The molecule has 0 unspecified atom stereocenters. The highest BCUT2D eigenvalue weighted by atomic mass is 16.6. The Morgan fingerprint density at radius 1 is 1.00 bits per heavy atom. The predicted octanol–water partition coefficient (Wildman–Crippen LogP) is 5.69. The van der Waals surface area contributed by atoms with Crippen molar-refractivity contribution >= 4 is 39.8 Å². The SMILES string of the molecule is COc1cc(C(=O)N2C[C@H]3CC[C@@H]2[C@@H]3NC(=O)OC(C)(C)C)cc2nc(-c3cc4cccc(C5CN(C(C)=O)C5)c4n3CC3CC3)n(C)c12. The van der Waals surface area contributed by atoms with Crippen molar-refractivity contribution in [2.45, 2.75) is 83.5 Å². The van der Waals surface area contributed by atoms with E-state index in [1.54, 1.807) is 14.0 Å². The van der Waals surface area contributed by atoms with E-state index in [0.717, 1.165) is 49.5 Å². The van der Waals surface area contributed by atoms with Gasteiger partial charge in [-0.25, -0.2) is 9.78 Å². The van der Waals surface area contributed by atoms with Gasteiger partial charge in [0.05, 0.1) is 35.9 Å². The van der Waals surface area contributed by atoms with Crippen molar-refractivity contribution in [1.29, 1.82) is 0 Å². The topological polar surface area (TPSA) is 111 Å². The number of amides is 3. The summed E-state index contributed by atoms with van der Waals surface area (Å²) in [7, 11) is 3.64. The molecule has 2 aliphatic carbocycles. The number of para-hydroxylation sites is 1. The van der Waals surface area contributed by atoms with Gasteiger partial charge in [0, 0.05) is 57.0 Å². The monoisotopic (exact) mass is 666 g/mol. The van der Waals surface area contributed by atoms with E-state index in [0.29, 0.717) is 35.2 Å². The number of methoxy groups -OCH3 is 1. The van der Waals surface area contributed by atoms with E-state index >= 15 is 0 Å². The van der Waals surface area contributed by atoms with Gasteiger partial charge in [-0.2, -0.15) is 0 Å². The van der Waals surface area contributed by atoms with E-state index in [4.69, 9.17) is 14.5 Å². The summed E-state index contributed by atoms with van der Waals surface area (Å²) >= 11 is 0. The number of aromatic nitrogens is 3. The number of hydrogen-bond donors (Lipinski definition) is 1. The van der Waals surface area contributed by atoms with Crippen LogP contribution in [0.25, 0.3) is 33.5 Å². The zero-order chi connectivity index (χ0) is 34.4. The zero-order valence-corrected chi connectivity index (χ0v) is 29.3. The molecule has 4 aliphatic rings. The number of benzene rings is 2. The highest BCUT2D eigenvalue weighted by molar-refractivity contribution is 6.01. The van der Waals surface area contributed by atoms with Crippen LogP contribution in [0.3, 0.4) is 0 Å². The lowest BCUT2D eigenvalue weighted by molar-refractivity contribution is -0.133. The summed E-state index contributed by atoms with van der Waals surface area (Å²) < 4.78 is 16.0. The molecule has 11 heteroatoms. The predicted molar refractivity (Wildman–Crippen MR) is 187 cm³/mol. The van der Waals surface area contributed by atoms with Gasteiger partial charge >= 0.3 is 6.09 Å². The number of rotatable bonds is 7. The maximum Gasteiger partial charge on any atom is 0.407 e. The van der Waals surface area contributed by atoms with Crippen molar-refractivity contribution in [2.75, 3.05) is 26.7 Å². The lowest BCUT2D eigenvalue weighted by atomic mass is 9.90. The summed E-state index contributed by atoms with van der Waals surface area (Å²) in [5.41, 5.74) is 5.02. The molecule has 2 saturated carbocycles. The molecule has 11 nitrogen and oxygen atoms in total. The lowest BCUT2D eigenvalue weighted by Gasteiger charge is -2.39. The summed E-state index contributed by atoms with van der Waals surface area (Å²) in [4.78, 5) is 47.7. The van der Waals surface area contributed by atoms with E-state index in [1.807, 2.05) is 49.8 Å². The van der Waals surface area contributed by atoms with E-state index in [2.05, 4.69) is 38.7 Å². The van der Waals surface area contributed by atoms with Gasteiger partial charge in [-0.15, -0.1) is 0 Å². The van der Waals surface area contributed by atoms with Crippen LogP contribution in [0.2, 0.25) is 0 Å². The number of imidazole rings is 1. The summed E-state index contributed by atoms with van der Waals surface area (Å²) in [6.07, 6.45) is 3.80. The number of ether oxygens (including phenoxy) is 2. The second-order valence-electron chi connectivity index (χ2n) is 15.6. The first kappa shape index (κ1) is 31.7. The molecule has 4 fully saturated rings. The average Bonchev–Trinajstić information content (AvgIpc) is 3.35. The summed E-state index contributed by atoms with van der Waals surface area (Å²) in [6.45, 7) is 10.2. The van der Waals surface area contributed by atoms with Gasteiger partial charge in [-0.3, -0.25) is 9.59 Å². The highest BCUT2D eigenvalue weighted by Gasteiger charge is 2.50. The number of nitrogens with one attached hydrogen (secondary N) is 1. The quantitative estimate of drug-likeness (QED) is 0.272. The molecule has 258 valence electrons. The van der Waals surface area contributed by atoms with Crippen LogP contribution in [0.15, 0.2) is 36.4 Å². The number of nitrogens with zero attached hydrogens (tertiary/aromatic N) is 5. The van der Waals surface area contributed by atoms with Crippen molar-refractivity contribution in [1.82, 2.24) is 29.2 Å². The second kappa shape index (κ2) is 11.5. The Morgan fingerprint density at radius 2 is 1.78 bits per heavy atom. The minimum Gasteiger partial charge on any atom is -0.494 e. The number of likely N-dealkylation sites (tertiary alicyclic amines) is 2. The molecular weight excluding hydrogens is 620 g/mol.